The minimum atomic E-state index is -4.63. The molecule has 1 unspecified atom stereocenters. The average Bonchev–Trinajstić information content (AvgIpc) is 2.67. The van der Waals surface area contributed by atoms with Crippen LogP contribution in [-0.2, 0) is 6.18 Å². The molecule has 0 spiro atoms. The van der Waals surface area contributed by atoms with Gasteiger partial charge in [-0.3, -0.25) is 10.1 Å². The van der Waals surface area contributed by atoms with Crippen LogP contribution in [0, 0.1) is 10.1 Å². The second-order valence-corrected chi connectivity index (χ2v) is 5.13. The van der Waals surface area contributed by atoms with E-state index in [1.54, 1.807) is 6.92 Å². The summed E-state index contributed by atoms with van der Waals surface area (Å²) < 4.78 is 37.8. The Hall–Kier alpha value is -1.83. The molecule has 1 N–H and O–H groups in total. The van der Waals surface area contributed by atoms with Gasteiger partial charge < -0.3 is 10.0 Å². The van der Waals surface area contributed by atoms with E-state index < -0.39 is 28.0 Å². The van der Waals surface area contributed by atoms with E-state index >= 15 is 0 Å². The third-order valence-electron chi connectivity index (χ3n) is 3.29. The van der Waals surface area contributed by atoms with Gasteiger partial charge in [0.05, 0.1) is 16.1 Å². The van der Waals surface area contributed by atoms with Crippen molar-refractivity contribution >= 4 is 11.4 Å². The van der Waals surface area contributed by atoms with Crippen LogP contribution in [0.3, 0.4) is 0 Å². The number of rotatable bonds is 2. The lowest BCUT2D eigenvalue weighted by molar-refractivity contribution is -0.384. The fourth-order valence-corrected chi connectivity index (χ4v) is 2.26. The van der Waals surface area contributed by atoms with Crippen LogP contribution in [-0.4, -0.2) is 28.7 Å². The van der Waals surface area contributed by atoms with Crippen molar-refractivity contribution < 1.29 is 23.2 Å². The molecule has 1 saturated heterocycles. The SMILES string of the molecule is CC1(O)CCN(c2ccc(C(F)(F)F)cc2[N+](=O)[O-])C1. The molecule has 1 fully saturated rings. The molecule has 2 rings (SSSR count). The predicted octanol–water partition coefficient (Wildman–Crippen LogP) is 2.57. The minimum Gasteiger partial charge on any atom is -0.388 e. The van der Waals surface area contributed by atoms with Crippen molar-refractivity contribution in [3.05, 3.63) is 33.9 Å². The van der Waals surface area contributed by atoms with Gasteiger partial charge in [0.25, 0.3) is 5.69 Å². The Bertz CT molecular complexity index is 543. The zero-order chi connectivity index (χ0) is 15.1. The molecular weight excluding hydrogens is 277 g/mol. The van der Waals surface area contributed by atoms with Crippen molar-refractivity contribution in [1.82, 2.24) is 0 Å². The number of hydrogen-bond acceptors (Lipinski definition) is 4. The largest absolute Gasteiger partial charge is 0.416 e. The van der Waals surface area contributed by atoms with E-state index in [1.165, 1.54) is 4.90 Å². The Labute approximate surface area is 112 Å². The van der Waals surface area contributed by atoms with E-state index in [9.17, 15) is 28.4 Å². The van der Waals surface area contributed by atoms with Gasteiger partial charge in [-0.2, -0.15) is 13.2 Å². The third-order valence-corrected chi connectivity index (χ3v) is 3.29. The van der Waals surface area contributed by atoms with Crippen LogP contribution in [0.1, 0.15) is 18.9 Å². The van der Waals surface area contributed by atoms with Gasteiger partial charge in [-0.05, 0) is 25.5 Å². The number of nitro benzene ring substituents is 1. The molecule has 5 nitrogen and oxygen atoms in total. The molecule has 8 heteroatoms. The molecule has 0 aliphatic carbocycles. The van der Waals surface area contributed by atoms with Gasteiger partial charge in [-0.25, -0.2) is 0 Å². The standard InChI is InChI=1S/C12H13F3N2O3/c1-11(18)4-5-16(7-11)9-3-2-8(12(13,14)15)6-10(9)17(19)20/h2-3,6,18H,4-5,7H2,1H3. The molecule has 1 aliphatic heterocycles. The number of β-amino-alcohol motifs (C(OH)–C–C–N with tert-alkyl or cyclic N) is 1. The summed E-state index contributed by atoms with van der Waals surface area (Å²) in [6.07, 6.45) is -4.22. The lowest BCUT2D eigenvalue weighted by atomic mass is 10.1. The fraction of sp³-hybridized carbons (Fsp3) is 0.500. The van der Waals surface area contributed by atoms with Crippen LogP contribution in [0.25, 0.3) is 0 Å². The molecule has 0 amide bonds. The summed E-state index contributed by atoms with van der Waals surface area (Å²) in [6.45, 7) is 2.10. The summed E-state index contributed by atoms with van der Waals surface area (Å²) in [5.74, 6) is 0. The van der Waals surface area contributed by atoms with Crippen molar-refractivity contribution in [2.45, 2.75) is 25.1 Å². The molecule has 1 heterocycles. The van der Waals surface area contributed by atoms with Crippen LogP contribution < -0.4 is 4.90 Å². The summed E-state index contributed by atoms with van der Waals surface area (Å²) in [7, 11) is 0. The Morgan fingerprint density at radius 2 is 2.10 bits per heavy atom. The van der Waals surface area contributed by atoms with E-state index in [2.05, 4.69) is 0 Å². The predicted molar refractivity (Wildman–Crippen MR) is 65.6 cm³/mol. The number of nitrogens with zero attached hydrogens (tertiary/aromatic N) is 2. The molecule has 1 aliphatic rings. The van der Waals surface area contributed by atoms with Crippen LogP contribution in [0.15, 0.2) is 18.2 Å². The summed E-state index contributed by atoms with van der Waals surface area (Å²) in [5, 5.41) is 20.8. The van der Waals surface area contributed by atoms with E-state index in [-0.39, 0.29) is 12.2 Å². The molecule has 0 bridgehead atoms. The quantitative estimate of drug-likeness (QED) is 0.671. The molecule has 1 atom stereocenters. The highest BCUT2D eigenvalue weighted by Crippen LogP contribution is 2.38. The first kappa shape index (κ1) is 14.6. The highest BCUT2D eigenvalue weighted by atomic mass is 19.4. The Balaban J connectivity index is 2.42. The number of nitro groups is 1. The van der Waals surface area contributed by atoms with Gasteiger partial charge >= 0.3 is 6.18 Å². The highest BCUT2D eigenvalue weighted by Gasteiger charge is 2.37. The second kappa shape index (κ2) is 4.62. The summed E-state index contributed by atoms with van der Waals surface area (Å²) in [4.78, 5) is 11.7. The average molecular weight is 290 g/mol. The number of benzene rings is 1. The van der Waals surface area contributed by atoms with Crippen LogP contribution >= 0.6 is 0 Å². The topological polar surface area (TPSA) is 66.6 Å². The number of halogens is 3. The number of aliphatic hydroxyl groups is 1. The molecule has 1 aromatic rings. The van der Waals surface area contributed by atoms with Crippen molar-refractivity contribution in [2.24, 2.45) is 0 Å². The number of anilines is 1. The zero-order valence-corrected chi connectivity index (χ0v) is 10.6. The van der Waals surface area contributed by atoms with Gasteiger partial charge in [0.2, 0.25) is 0 Å². The van der Waals surface area contributed by atoms with Gasteiger partial charge in [0, 0.05) is 19.2 Å². The minimum absolute atomic E-state index is 0.0979. The van der Waals surface area contributed by atoms with E-state index in [0.717, 1.165) is 12.1 Å². The first-order valence-corrected chi connectivity index (χ1v) is 5.93. The van der Waals surface area contributed by atoms with Crippen molar-refractivity contribution in [3.8, 4) is 0 Å². The normalized spacial score (nSPS) is 23.1. The summed E-state index contributed by atoms with van der Waals surface area (Å²) in [5.41, 5.74) is -2.55. The van der Waals surface area contributed by atoms with Gasteiger partial charge in [0.15, 0.2) is 0 Å². The van der Waals surface area contributed by atoms with Gasteiger partial charge in [-0.1, -0.05) is 0 Å². The Kier molecular flexibility index (Phi) is 3.37. The molecule has 20 heavy (non-hydrogen) atoms. The molecular formula is C12H13F3N2O3. The third kappa shape index (κ3) is 2.84. The maximum atomic E-state index is 12.6. The zero-order valence-electron chi connectivity index (χ0n) is 10.6. The van der Waals surface area contributed by atoms with E-state index in [1.807, 2.05) is 0 Å². The lowest BCUT2D eigenvalue weighted by Crippen LogP contribution is -2.30. The molecule has 1 aromatic carbocycles. The van der Waals surface area contributed by atoms with Crippen molar-refractivity contribution in [3.63, 3.8) is 0 Å². The van der Waals surface area contributed by atoms with Crippen molar-refractivity contribution in [1.29, 1.82) is 0 Å². The molecule has 0 aromatic heterocycles. The maximum Gasteiger partial charge on any atom is 0.416 e. The van der Waals surface area contributed by atoms with Crippen LogP contribution in [0.5, 0.6) is 0 Å². The monoisotopic (exact) mass is 290 g/mol. The highest BCUT2D eigenvalue weighted by molar-refractivity contribution is 5.65. The number of alkyl halides is 3. The lowest BCUT2D eigenvalue weighted by Gasteiger charge is -2.21. The van der Waals surface area contributed by atoms with E-state index in [4.69, 9.17) is 0 Å². The summed E-state index contributed by atoms with van der Waals surface area (Å²) in [6, 6.07) is 2.43. The van der Waals surface area contributed by atoms with Crippen molar-refractivity contribution in [2.75, 3.05) is 18.0 Å². The Morgan fingerprint density at radius 3 is 2.55 bits per heavy atom. The first-order valence-electron chi connectivity index (χ1n) is 5.93. The maximum absolute atomic E-state index is 12.6. The molecule has 0 saturated carbocycles. The van der Waals surface area contributed by atoms with E-state index in [0.29, 0.717) is 19.0 Å². The Morgan fingerprint density at radius 1 is 1.45 bits per heavy atom. The first-order chi connectivity index (χ1) is 9.10. The summed E-state index contributed by atoms with van der Waals surface area (Å²) >= 11 is 0. The van der Waals surface area contributed by atoms with Gasteiger partial charge in [0.1, 0.15) is 5.69 Å². The molecule has 0 radical (unpaired) electrons. The van der Waals surface area contributed by atoms with Gasteiger partial charge in [-0.15, -0.1) is 0 Å². The van der Waals surface area contributed by atoms with Crippen LogP contribution in [0.4, 0.5) is 24.5 Å². The number of hydrogen-bond donors (Lipinski definition) is 1. The smallest absolute Gasteiger partial charge is 0.388 e. The van der Waals surface area contributed by atoms with Crippen LogP contribution in [0.2, 0.25) is 0 Å². The molecule has 110 valence electrons. The second-order valence-electron chi connectivity index (χ2n) is 5.13. The fourth-order valence-electron chi connectivity index (χ4n) is 2.26.